The lowest BCUT2D eigenvalue weighted by Gasteiger charge is -2.51. The van der Waals surface area contributed by atoms with Crippen molar-refractivity contribution in [1.29, 1.82) is 0 Å². The summed E-state index contributed by atoms with van der Waals surface area (Å²) in [5.41, 5.74) is 1.97. The van der Waals surface area contributed by atoms with E-state index in [9.17, 15) is 10.2 Å². The molecule has 1 aromatic rings. The van der Waals surface area contributed by atoms with Crippen LogP contribution in [0, 0.1) is 23.2 Å². The largest absolute Gasteiger partial charge is 0.508 e. The summed E-state index contributed by atoms with van der Waals surface area (Å²) in [6.45, 7) is 2.13. The third-order valence-electron chi connectivity index (χ3n) is 6.70. The van der Waals surface area contributed by atoms with Crippen LogP contribution in [0.2, 0.25) is 0 Å². The molecule has 0 amide bonds. The van der Waals surface area contributed by atoms with Crippen LogP contribution in [0.5, 0.6) is 5.75 Å². The summed E-state index contributed by atoms with van der Waals surface area (Å²) in [5, 5.41) is 21.9. The monoisotopic (exact) mass is 334 g/mol. The maximum absolute atomic E-state index is 15.2. The molecule has 0 spiro atoms. The molecule has 7 atom stereocenters. The van der Waals surface area contributed by atoms with E-state index in [4.69, 9.17) is 12.2 Å². The van der Waals surface area contributed by atoms with E-state index in [1.165, 1.54) is 0 Å². The van der Waals surface area contributed by atoms with Gasteiger partial charge in [-0.15, -0.1) is 0 Å². The highest BCUT2D eigenvalue weighted by atomic mass is 32.1. The Bertz CT molecular complexity index is 648. The van der Waals surface area contributed by atoms with Gasteiger partial charge >= 0.3 is 0 Å². The lowest BCUT2D eigenvalue weighted by atomic mass is 9.54. The zero-order valence-electron chi connectivity index (χ0n) is 13.3. The van der Waals surface area contributed by atoms with Gasteiger partial charge in [-0.2, -0.15) is 0 Å². The van der Waals surface area contributed by atoms with E-state index in [1.54, 1.807) is 17.5 Å². The lowest BCUT2D eigenvalue weighted by molar-refractivity contribution is -0.00594. The van der Waals surface area contributed by atoms with Gasteiger partial charge in [0.1, 0.15) is 11.9 Å². The highest BCUT2D eigenvalue weighted by molar-refractivity contribution is 7.79. The summed E-state index contributed by atoms with van der Waals surface area (Å²) in [5.74, 6) is 0.608. The van der Waals surface area contributed by atoms with Crippen molar-refractivity contribution in [2.24, 2.45) is 23.2 Å². The van der Waals surface area contributed by atoms with Gasteiger partial charge in [0.15, 0.2) is 0 Å². The Labute approximate surface area is 141 Å². The number of aliphatic hydroxyl groups excluding tert-OH is 1. The predicted octanol–water partition coefficient (Wildman–Crippen LogP) is 3.78. The van der Waals surface area contributed by atoms with Gasteiger partial charge in [0.2, 0.25) is 0 Å². The Morgan fingerprint density at radius 3 is 2.87 bits per heavy atom. The molecule has 0 heterocycles. The van der Waals surface area contributed by atoms with Crippen LogP contribution in [0.15, 0.2) is 18.2 Å². The maximum Gasteiger partial charge on any atom is 0.115 e. The third kappa shape index (κ3) is 2.18. The molecule has 2 saturated carbocycles. The van der Waals surface area contributed by atoms with E-state index in [1.807, 2.05) is 6.07 Å². The summed E-state index contributed by atoms with van der Waals surface area (Å²) in [4.78, 5) is 0. The van der Waals surface area contributed by atoms with E-state index in [2.05, 4.69) is 6.92 Å². The number of hydrogen-bond donors (Lipinski definition) is 2. The van der Waals surface area contributed by atoms with E-state index < -0.39 is 12.3 Å². The van der Waals surface area contributed by atoms with Crippen LogP contribution < -0.4 is 0 Å². The van der Waals surface area contributed by atoms with Crippen molar-refractivity contribution >= 4 is 17.6 Å². The Balaban J connectivity index is 1.79. The molecule has 0 unspecified atom stereocenters. The first kappa shape index (κ1) is 15.5. The number of thiocarbonyl (C=S) groups is 1. The molecule has 124 valence electrons. The second kappa shape index (κ2) is 5.25. The minimum Gasteiger partial charge on any atom is -0.508 e. The molecule has 2 N–H and O–H groups in total. The van der Waals surface area contributed by atoms with Crippen LogP contribution >= 0.6 is 12.2 Å². The van der Waals surface area contributed by atoms with Crippen LogP contribution in [0.3, 0.4) is 0 Å². The highest BCUT2D eigenvalue weighted by Crippen LogP contribution is 2.63. The first-order valence-electron chi connectivity index (χ1n) is 8.54. The second-order valence-corrected chi connectivity index (χ2v) is 8.27. The molecule has 3 aliphatic carbocycles. The molecule has 4 rings (SSSR count). The van der Waals surface area contributed by atoms with Crippen molar-refractivity contribution in [3.05, 3.63) is 29.3 Å². The molecule has 0 aromatic heterocycles. The quantitative estimate of drug-likeness (QED) is 0.768. The SMILES string of the molecule is C[C@@]12C[C@H](O)[C@H](C=S)[C@H]1[C@@H]1CCc3cc(O)ccc3[C@H]1[C@@H](F)C2. The number of aryl methyl sites for hydroxylation is 1. The van der Waals surface area contributed by atoms with Crippen LogP contribution in [-0.2, 0) is 6.42 Å². The van der Waals surface area contributed by atoms with Gasteiger partial charge in [-0.05, 0) is 71.6 Å². The fraction of sp³-hybridized carbons (Fsp3) is 0.632. The van der Waals surface area contributed by atoms with Gasteiger partial charge in [-0.3, -0.25) is 0 Å². The van der Waals surface area contributed by atoms with Gasteiger partial charge in [0.05, 0.1) is 6.10 Å². The molecule has 2 fully saturated rings. The van der Waals surface area contributed by atoms with Crippen LogP contribution in [0.4, 0.5) is 4.39 Å². The maximum atomic E-state index is 15.2. The molecule has 0 bridgehead atoms. The minimum atomic E-state index is -0.888. The fourth-order valence-corrected chi connectivity index (χ4v) is 6.31. The first-order valence-corrected chi connectivity index (χ1v) is 9.01. The normalized spacial score (nSPS) is 45.0. The van der Waals surface area contributed by atoms with E-state index in [0.29, 0.717) is 12.8 Å². The number of hydrogen-bond acceptors (Lipinski definition) is 3. The Morgan fingerprint density at radius 1 is 1.35 bits per heavy atom. The molecule has 4 heteroatoms. The Morgan fingerprint density at radius 2 is 2.13 bits per heavy atom. The van der Waals surface area contributed by atoms with Crippen molar-refractivity contribution in [1.82, 2.24) is 0 Å². The van der Waals surface area contributed by atoms with Gasteiger partial charge in [-0.25, -0.2) is 4.39 Å². The van der Waals surface area contributed by atoms with Crippen molar-refractivity contribution in [2.75, 3.05) is 0 Å². The average Bonchev–Trinajstić information content (AvgIpc) is 2.75. The Hall–Kier alpha value is -1.00. The minimum absolute atomic E-state index is 0.00587. The number of phenolic OH excluding ortho intramolecular Hbond substituents is 1. The van der Waals surface area contributed by atoms with Crippen molar-refractivity contribution in [3.8, 4) is 5.75 Å². The summed E-state index contributed by atoms with van der Waals surface area (Å²) >= 11 is 5.21. The van der Waals surface area contributed by atoms with Crippen LogP contribution in [0.1, 0.15) is 43.2 Å². The second-order valence-electron chi connectivity index (χ2n) is 8.00. The van der Waals surface area contributed by atoms with E-state index in [-0.39, 0.29) is 34.8 Å². The van der Waals surface area contributed by atoms with Crippen LogP contribution in [-0.4, -0.2) is 27.9 Å². The zero-order valence-corrected chi connectivity index (χ0v) is 14.1. The molecule has 23 heavy (non-hydrogen) atoms. The zero-order chi connectivity index (χ0) is 16.4. The third-order valence-corrected chi connectivity index (χ3v) is 7.02. The number of alkyl halides is 1. The molecule has 0 aliphatic heterocycles. The number of phenols is 1. The van der Waals surface area contributed by atoms with Gasteiger partial charge in [0, 0.05) is 11.8 Å². The summed E-state index contributed by atoms with van der Waals surface area (Å²) in [7, 11) is 0. The molecule has 0 saturated heterocycles. The van der Waals surface area contributed by atoms with E-state index >= 15 is 4.39 Å². The number of rotatable bonds is 1. The fourth-order valence-electron chi connectivity index (χ4n) is 5.96. The molecule has 3 aliphatic rings. The number of halogens is 1. The predicted molar refractivity (Wildman–Crippen MR) is 91.5 cm³/mol. The lowest BCUT2D eigenvalue weighted by Crippen LogP contribution is -2.47. The van der Waals surface area contributed by atoms with E-state index in [0.717, 1.165) is 24.0 Å². The molecular formula is C19H23FO2S. The smallest absolute Gasteiger partial charge is 0.115 e. The topological polar surface area (TPSA) is 40.5 Å². The first-order chi connectivity index (χ1) is 10.9. The number of aliphatic hydroxyl groups is 1. The van der Waals surface area contributed by atoms with Gasteiger partial charge in [-0.1, -0.05) is 25.2 Å². The van der Waals surface area contributed by atoms with Crippen molar-refractivity contribution in [3.63, 3.8) is 0 Å². The summed E-state index contributed by atoms with van der Waals surface area (Å²) in [6, 6.07) is 5.35. The van der Waals surface area contributed by atoms with Crippen LogP contribution in [0.25, 0.3) is 0 Å². The number of fused-ring (bicyclic) bond motifs is 5. The number of benzene rings is 1. The standard InChI is InChI=1S/C19H23FO2S/c1-19-7-15(20)17-12-5-3-11(21)6-10(12)2-4-13(17)18(19)14(9-23)16(22)8-19/h3,5-6,9,13-18,21-22H,2,4,7-8H2,1H3/t13-,14+,15+,16+,17-,18-,19-/m1/s1. The summed E-state index contributed by atoms with van der Waals surface area (Å²) < 4.78 is 15.2. The van der Waals surface area contributed by atoms with Crippen molar-refractivity contribution in [2.45, 2.75) is 50.8 Å². The van der Waals surface area contributed by atoms with Crippen molar-refractivity contribution < 1.29 is 14.6 Å². The van der Waals surface area contributed by atoms with Gasteiger partial charge < -0.3 is 10.2 Å². The molecule has 1 aromatic carbocycles. The highest BCUT2D eigenvalue weighted by Gasteiger charge is 2.59. The molecule has 2 nitrogen and oxygen atoms in total. The summed E-state index contributed by atoms with van der Waals surface area (Å²) in [6.07, 6.45) is 1.60. The van der Waals surface area contributed by atoms with Gasteiger partial charge in [0.25, 0.3) is 0 Å². The Kier molecular flexibility index (Phi) is 3.54. The molecular weight excluding hydrogens is 311 g/mol. The average molecular weight is 334 g/mol. The molecule has 0 radical (unpaired) electrons. The number of aromatic hydroxyl groups is 1.